The van der Waals surface area contributed by atoms with Crippen LogP contribution in [0.3, 0.4) is 0 Å². The van der Waals surface area contributed by atoms with Crippen LogP contribution in [0, 0.1) is 13.8 Å². The molecule has 0 aliphatic rings. The number of aromatic nitrogens is 1. The Bertz CT molecular complexity index is 1000. The van der Waals surface area contributed by atoms with E-state index in [2.05, 4.69) is 26.0 Å². The van der Waals surface area contributed by atoms with Gasteiger partial charge in [0.2, 0.25) is 0 Å². The highest BCUT2D eigenvalue weighted by Crippen LogP contribution is 2.32. The summed E-state index contributed by atoms with van der Waals surface area (Å²) in [6, 6.07) is 11.5. The highest BCUT2D eigenvalue weighted by molar-refractivity contribution is 7.22. The van der Waals surface area contributed by atoms with Crippen LogP contribution in [0.1, 0.15) is 11.1 Å². The Balaban J connectivity index is 1.84. The van der Waals surface area contributed by atoms with Gasteiger partial charge in [-0.25, -0.2) is 4.98 Å². The van der Waals surface area contributed by atoms with E-state index in [-0.39, 0.29) is 12.5 Å². The molecule has 0 aliphatic carbocycles. The van der Waals surface area contributed by atoms with E-state index in [4.69, 9.17) is 14.5 Å². The molecule has 6 nitrogen and oxygen atoms in total. The van der Waals surface area contributed by atoms with Crippen molar-refractivity contribution in [1.29, 1.82) is 0 Å². The average molecular weight is 414 g/mol. The summed E-state index contributed by atoms with van der Waals surface area (Å²) in [6.07, 6.45) is 0. The second kappa shape index (κ2) is 9.24. The molecule has 0 fully saturated rings. The molecule has 3 rings (SSSR count). The van der Waals surface area contributed by atoms with E-state index in [1.54, 1.807) is 18.1 Å². The van der Waals surface area contributed by atoms with Gasteiger partial charge in [0.25, 0.3) is 5.91 Å². The second-order valence-electron chi connectivity index (χ2n) is 7.21. The fourth-order valence-electron chi connectivity index (χ4n) is 3.06. The maximum atomic E-state index is 13.1. The number of ether oxygens (including phenoxy) is 2. The number of aryl methyl sites for hydroxylation is 2. The number of fused-ring (bicyclic) bond motifs is 1. The van der Waals surface area contributed by atoms with Gasteiger partial charge in [-0.15, -0.1) is 0 Å². The van der Waals surface area contributed by atoms with Gasteiger partial charge >= 0.3 is 0 Å². The zero-order chi connectivity index (χ0) is 21.0. The van der Waals surface area contributed by atoms with E-state index in [0.717, 1.165) is 22.3 Å². The summed E-state index contributed by atoms with van der Waals surface area (Å²) in [5.41, 5.74) is 3.26. The number of carbonyl (C=O) groups excluding carboxylic acids is 1. The molecule has 0 saturated heterocycles. The van der Waals surface area contributed by atoms with Crippen LogP contribution in [0.4, 0.5) is 5.13 Å². The Labute approximate surface area is 175 Å². The normalized spacial score (nSPS) is 11.1. The summed E-state index contributed by atoms with van der Waals surface area (Å²) in [5.74, 6) is 1.02. The number of carbonyl (C=O) groups is 1. The van der Waals surface area contributed by atoms with E-state index in [1.165, 1.54) is 16.9 Å². The highest BCUT2D eigenvalue weighted by atomic mass is 32.1. The van der Waals surface area contributed by atoms with Crippen LogP contribution < -0.4 is 14.4 Å². The number of methoxy groups -OCH3 is 1. The average Bonchev–Trinajstić information content (AvgIpc) is 3.10. The Hall–Kier alpha value is -2.64. The molecule has 7 heteroatoms. The number of anilines is 1. The number of likely N-dealkylation sites (N-methyl/N-ethyl adjacent to an activating group) is 1. The van der Waals surface area contributed by atoms with Crippen LogP contribution in [0.2, 0.25) is 0 Å². The molecule has 1 aromatic heterocycles. The number of amides is 1. The maximum Gasteiger partial charge on any atom is 0.266 e. The quantitative estimate of drug-likeness (QED) is 0.561. The van der Waals surface area contributed by atoms with Crippen molar-refractivity contribution in [3.05, 3.63) is 47.5 Å². The van der Waals surface area contributed by atoms with E-state index >= 15 is 0 Å². The highest BCUT2D eigenvalue weighted by Gasteiger charge is 2.21. The summed E-state index contributed by atoms with van der Waals surface area (Å²) >= 11 is 1.54. The van der Waals surface area contributed by atoms with Crippen LogP contribution >= 0.6 is 11.3 Å². The molecular formula is C22H27N3O3S. The summed E-state index contributed by atoms with van der Waals surface area (Å²) in [5, 5.41) is 0.698. The lowest BCUT2D eigenvalue weighted by molar-refractivity contribution is -0.120. The Morgan fingerprint density at radius 3 is 2.52 bits per heavy atom. The van der Waals surface area contributed by atoms with Crippen LogP contribution in [0.5, 0.6) is 11.5 Å². The van der Waals surface area contributed by atoms with Gasteiger partial charge in [-0.05, 0) is 57.3 Å². The molecule has 3 aromatic rings. The minimum Gasteiger partial charge on any atom is -0.493 e. The minimum atomic E-state index is -0.133. The van der Waals surface area contributed by atoms with Gasteiger partial charge in [-0.2, -0.15) is 0 Å². The molecule has 1 heterocycles. The molecule has 0 bridgehead atoms. The molecule has 0 N–H and O–H groups in total. The fourth-order valence-corrected chi connectivity index (χ4v) is 4.24. The SMILES string of the molecule is COc1ccccc1OCC(=O)N(CCN(C)C)c1nc2c(C)cc(C)cc2s1. The van der Waals surface area contributed by atoms with Crippen molar-refractivity contribution in [2.75, 3.05) is 45.8 Å². The first-order valence-electron chi connectivity index (χ1n) is 9.47. The number of nitrogens with zero attached hydrogens (tertiary/aromatic N) is 3. The third-order valence-corrected chi connectivity index (χ3v) is 5.57. The van der Waals surface area contributed by atoms with Crippen molar-refractivity contribution < 1.29 is 14.3 Å². The number of benzene rings is 2. The van der Waals surface area contributed by atoms with Crippen molar-refractivity contribution in [2.24, 2.45) is 0 Å². The zero-order valence-electron chi connectivity index (χ0n) is 17.6. The van der Waals surface area contributed by atoms with Gasteiger partial charge < -0.3 is 14.4 Å². The van der Waals surface area contributed by atoms with Gasteiger partial charge in [-0.1, -0.05) is 29.5 Å². The fraction of sp³-hybridized carbons (Fsp3) is 0.364. The molecule has 0 atom stereocenters. The number of thiazole rings is 1. The van der Waals surface area contributed by atoms with Crippen molar-refractivity contribution in [3.8, 4) is 11.5 Å². The third-order valence-electron chi connectivity index (χ3n) is 4.54. The summed E-state index contributed by atoms with van der Waals surface area (Å²) in [7, 11) is 5.55. The van der Waals surface area contributed by atoms with Crippen molar-refractivity contribution >= 4 is 32.6 Å². The number of hydrogen-bond acceptors (Lipinski definition) is 6. The number of hydrogen-bond donors (Lipinski definition) is 0. The van der Waals surface area contributed by atoms with E-state index < -0.39 is 0 Å². The second-order valence-corrected chi connectivity index (χ2v) is 8.22. The van der Waals surface area contributed by atoms with Gasteiger partial charge in [0.05, 0.1) is 17.3 Å². The Kier molecular flexibility index (Phi) is 6.71. The molecular weight excluding hydrogens is 386 g/mol. The van der Waals surface area contributed by atoms with Gasteiger partial charge in [0.1, 0.15) is 0 Å². The molecule has 29 heavy (non-hydrogen) atoms. The Morgan fingerprint density at radius 2 is 1.83 bits per heavy atom. The van der Waals surface area contributed by atoms with Gasteiger partial charge in [0, 0.05) is 13.1 Å². The third kappa shape index (κ3) is 5.05. The first-order valence-corrected chi connectivity index (χ1v) is 10.3. The van der Waals surface area contributed by atoms with E-state index in [1.807, 2.05) is 37.2 Å². The first kappa shape index (κ1) is 21.1. The van der Waals surface area contributed by atoms with Crippen LogP contribution in [0.15, 0.2) is 36.4 Å². The summed E-state index contributed by atoms with van der Waals surface area (Å²) in [6.45, 7) is 5.31. The molecule has 0 radical (unpaired) electrons. The summed E-state index contributed by atoms with van der Waals surface area (Å²) < 4.78 is 12.2. The van der Waals surface area contributed by atoms with Crippen LogP contribution in [-0.4, -0.2) is 56.7 Å². The van der Waals surface area contributed by atoms with Crippen LogP contribution in [0.25, 0.3) is 10.2 Å². The topological polar surface area (TPSA) is 54.9 Å². The van der Waals surface area contributed by atoms with Gasteiger partial charge in [-0.3, -0.25) is 9.69 Å². The summed E-state index contributed by atoms with van der Waals surface area (Å²) in [4.78, 5) is 21.6. The lowest BCUT2D eigenvalue weighted by Gasteiger charge is -2.22. The Morgan fingerprint density at radius 1 is 1.10 bits per heavy atom. The minimum absolute atomic E-state index is 0.0816. The molecule has 0 spiro atoms. The van der Waals surface area contributed by atoms with E-state index in [9.17, 15) is 4.79 Å². The standard InChI is InChI=1S/C22H27N3O3S/c1-15-12-16(2)21-19(13-15)29-22(23-21)25(11-10-24(3)4)20(26)14-28-18-9-7-6-8-17(18)27-5/h6-9,12-13H,10-11,14H2,1-5H3. The molecule has 1 amide bonds. The largest absolute Gasteiger partial charge is 0.493 e. The molecule has 154 valence electrons. The monoisotopic (exact) mass is 413 g/mol. The van der Waals surface area contributed by atoms with Crippen molar-refractivity contribution in [3.63, 3.8) is 0 Å². The molecule has 2 aromatic carbocycles. The molecule has 0 saturated carbocycles. The predicted molar refractivity (Wildman–Crippen MR) is 118 cm³/mol. The van der Waals surface area contributed by atoms with E-state index in [0.29, 0.717) is 23.2 Å². The zero-order valence-corrected chi connectivity index (χ0v) is 18.4. The lowest BCUT2D eigenvalue weighted by Crippen LogP contribution is -2.39. The molecule has 0 unspecified atom stereocenters. The first-order chi connectivity index (χ1) is 13.9. The van der Waals surface area contributed by atoms with Crippen molar-refractivity contribution in [2.45, 2.75) is 13.8 Å². The smallest absolute Gasteiger partial charge is 0.266 e. The van der Waals surface area contributed by atoms with Crippen LogP contribution in [-0.2, 0) is 4.79 Å². The lowest BCUT2D eigenvalue weighted by atomic mass is 10.1. The van der Waals surface area contributed by atoms with Gasteiger partial charge in [0.15, 0.2) is 23.2 Å². The number of para-hydroxylation sites is 2. The predicted octanol–water partition coefficient (Wildman–Crippen LogP) is 3.90. The van der Waals surface area contributed by atoms with Crippen molar-refractivity contribution in [1.82, 2.24) is 9.88 Å². The maximum absolute atomic E-state index is 13.1. The molecule has 0 aliphatic heterocycles. The number of rotatable bonds is 8.